The first-order valence-electron chi connectivity index (χ1n) is 6.27. The Bertz CT molecular complexity index is 652. The number of nitrogens with one attached hydrogen (secondary N) is 1. The SMILES string of the molecule is O=C(CSc1ccccc1F)Nc1ccccc1SC(F)F. The molecule has 1 amide bonds. The van der Waals surface area contributed by atoms with Gasteiger partial charge < -0.3 is 5.32 Å². The molecule has 2 aromatic rings. The fraction of sp³-hybridized carbons (Fsp3) is 0.133. The first-order valence-corrected chi connectivity index (χ1v) is 8.14. The van der Waals surface area contributed by atoms with Gasteiger partial charge in [0, 0.05) is 9.79 Å². The van der Waals surface area contributed by atoms with E-state index in [0.29, 0.717) is 27.2 Å². The topological polar surface area (TPSA) is 29.1 Å². The van der Waals surface area contributed by atoms with E-state index in [-0.39, 0.29) is 11.7 Å². The van der Waals surface area contributed by atoms with E-state index in [2.05, 4.69) is 5.32 Å². The van der Waals surface area contributed by atoms with Crippen molar-refractivity contribution in [3.8, 4) is 0 Å². The molecule has 1 N–H and O–H groups in total. The summed E-state index contributed by atoms with van der Waals surface area (Å²) in [5, 5.41) is 2.57. The highest BCUT2D eigenvalue weighted by Crippen LogP contribution is 2.31. The maximum absolute atomic E-state index is 13.4. The molecule has 0 spiro atoms. The van der Waals surface area contributed by atoms with Gasteiger partial charge in [0.05, 0.1) is 11.4 Å². The number of anilines is 1. The third-order valence-electron chi connectivity index (χ3n) is 2.57. The number of carbonyl (C=O) groups is 1. The molecular weight excluding hydrogens is 331 g/mol. The summed E-state index contributed by atoms with van der Waals surface area (Å²) in [6, 6.07) is 12.5. The van der Waals surface area contributed by atoms with Gasteiger partial charge in [-0.25, -0.2) is 4.39 Å². The van der Waals surface area contributed by atoms with Gasteiger partial charge in [0.25, 0.3) is 5.76 Å². The molecule has 0 radical (unpaired) electrons. The highest BCUT2D eigenvalue weighted by Gasteiger charge is 2.12. The van der Waals surface area contributed by atoms with Crippen molar-refractivity contribution >= 4 is 35.1 Å². The number of hydrogen-bond acceptors (Lipinski definition) is 3. The van der Waals surface area contributed by atoms with Gasteiger partial charge in [-0.1, -0.05) is 36.0 Å². The highest BCUT2D eigenvalue weighted by atomic mass is 32.2. The minimum atomic E-state index is -2.56. The first-order chi connectivity index (χ1) is 10.6. The van der Waals surface area contributed by atoms with Crippen LogP contribution in [0.2, 0.25) is 0 Å². The Balaban J connectivity index is 1.96. The van der Waals surface area contributed by atoms with Crippen LogP contribution in [-0.2, 0) is 4.79 Å². The zero-order valence-corrected chi connectivity index (χ0v) is 12.9. The third kappa shape index (κ3) is 4.99. The molecule has 0 atom stereocenters. The zero-order chi connectivity index (χ0) is 15.9. The van der Waals surface area contributed by atoms with Gasteiger partial charge in [0.15, 0.2) is 0 Å². The molecule has 0 saturated heterocycles. The van der Waals surface area contributed by atoms with Crippen LogP contribution in [0.3, 0.4) is 0 Å². The van der Waals surface area contributed by atoms with Crippen LogP contribution in [0.4, 0.5) is 18.9 Å². The molecule has 2 nitrogen and oxygen atoms in total. The van der Waals surface area contributed by atoms with Crippen LogP contribution in [-0.4, -0.2) is 17.4 Å². The lowest BCUT2D eigenvalue weighted by molar-refractivity contribution is -0.113. The number of para-hydroxylation sites is 1. The summed E-state index contributed by atoms with van der Waals surface area (Å²) >= 11 is 1.42. The van der Waals surface area contributed by atoms with Crippen molar-refractivity contribution in [2.45, 2.75) is 15.5 Å². The molecule has 2 rings (SSSR count). The molecule has 22 heavy (non-hydrogen) atoms. The van der Waals surface area contributed by atoms with Gasteiger partial charge in [0.2, 0.25) is 5.91 Å². The lowest BCUT2D eigenvalue weighted by Crippen LogP contribution is -2.14. The van der Waals surface area contributed by atoms with Crippen LogP contribution < -0.4 is 5.32 Å². The molecule has 0 aliphatic rings. The average molecular weight is 343 g/mol. The van der Waals surface area contributed by atoms with E-state index in [1.165, 1.54) is 12.1 Å². The van der Waals surface area contributed by atoms with E-state index in [9.17, 15) is 18.0 Å². The Morgan fingerprint density at radius 1 is 1.05 bits per heavy atom. The molecule has 7 heteroatoms. The number of amides is 1. The fourth-order valence-corrected chi connectivity index (χ4v) is 2.99. The van der Waals surface area contributed by atoms with Crippen LogP contribution in [0.25, 0.3) is 0 Å². The molecule has 0 aliphatic heterocycles. The second-order valence-electron chi connectivity index (χ2n) is 4.14. The largest absolute Gasteiger partial charge is 0.324 e. The highest BCUT2D eigenvalue weighted by molar-refractivity contribution is 8.00. The fourth-order valence-electron chi connectivity index (χ4n) is 1.66. The summed E-state index contributed by atoms with van der Waals surface area (Å²) in [5.74, 6) is -3.34. The normalized spacial score (nSPS) is 10.7. The van der Waals surface area contributed by atoms with Crippen molar-refractivity contribution < 1.29 is 18.0 Å². The minimum Gasteiger partial charge on any atom is -0.324 e. The molecule has 116 valence electrons. The second-order valence-corrected chi connectivity index (χ2v) is 6.19. The molecule has 0 saturated carbocycles. The van der Waals surface area contributed by atoms with E-state index in [1.807, 2.05) is 0 Å². The molecule has 2 aromatic carbocycles. The van der Waals surface area contributed by atoms with E-state index in [1.54, 1.807) is 36.4 Å². The number of benzene rings is 2. The van der Waals surface area contributed by atoms with Crippen LogP contribution >= 0.6 is 23.5 Å². The predicted molar refractivity (Wildman–Crippen MR) is 84.1 cm³/mol. The van der Waals surface area contributed by atoms with Crippen molar-refractivity contribution in [3.05, 3.63) is 54.3 Å². The third-order valence-corrected chi connectivity index (χ3v) is 4.41. The van der Waals surface area contributed by atoms with Crippen LogP contribution in [0, 0.1) is 5.82 Å². The Morgan fingerprint density at radius 2 is 1.68 bits per heavy atom. The van der Waals surface area contributed by atoms with E-state index < -0.39 is 11.6 Å². The smallest absolute Gasteiger partial charge is 0.288 e. The number of carbonyl (C=O) groups excluding carboxylic acids is 1. The molecule has 0 heterocycles. The predicted octanol–water partition coefficient (Wildman–Crippen LogP) is 4.87. The molecule has 0 aromatic heterocycles. The summed E-state index contributed by atoms with van der Waals surface area (Å²) in [4.78, 5) is 12.5. The summed E-state index contributed by atoms with van der Waals surface area (Å²) < 4.78 is 38.3. The number of hydrogen-bond donors (Lipinski definition) is 1. The van der Waals surface area contributed by atoms with Crippen molar-refractivity contribution in [2.75, 3.05) is 11.1 Å². The maximum Gasteiger partial charge on any atom is 0.288 e. The Labute approximate surface area is 134 Å². The lowest BCUT2D eigenvalue weighted by Gasteiger charge is -2.10. The van der Waals surface area contributed by atoms with Gasteiger partial charge >= 0.3 is 0 Å². The number of halogens is 3. The molecule has 0 fully saturated rings. The molecule has 0 bridgehead atoms. The van der Waals surface area contributed by atoms with E-state index in [0.717, 1.165) is 11.8 Å². The molecule has 0 unspecified atom stereocenters. The van der Waals surface area contributed by atoms with Crippen LogP contribution in [0.5, 0.6) is 0 Å². The van der Waals surface area contributed by atoms with Gasteiger partial charge in [-0.2, -0.15) is 8.78 Å². The first kappa shape index (κ1) is 16.8. The van der Waals surface area contributed by atoms with Crippen molar-refractivity contribution in [1.82, 2.24) is 0 Å². The standard InChI is InChI=1S/C15H12F3NOS2/c16-10-5-1-3-7-12(10)21-9-14(20)19-11-6-2-4-8-13(11)22-15(17)18/h1-8,15H,9H2,(H,19,20). The zero-order valence-electron chi connectivity index (χ0n) is 11.3. The molecule has 0 aliphatic carbocycles. The summed E-state index contributed by atoms with van der Waals surface area (Å²) in [6.45, 7) is 0. The monoisotopic (exact) mass is 343 g/mol. The summed E-state index contributed by atoms with van der Waals surface area (Å²) in [7, 11) is 0. The van der Waals surface area contributed by atoms with Crippen molar-refractivity contribution in [2.24, 2.45) is 0 Å². The van der Waals surface area contributed by atoms with Gasteiger partial charge in [-0.05, 0) is 24.3 Å². The van der Waals surface area contributed by atoms with Gasteiger partial charge in [-0.15, -0.1) is 11.8 Å². The van der Waals surface area contributed by atoms with E-state index in [4.69, 9.17) is 0 Å². The number of thioether (sulfide) groups is 2. The van der Waals surface area contributed by atoms with Crippen molar-refractivity contribution in [3.63, 3.8) is 0 Å². The Morgan fingerprint density at radius 3 is 2.36 bits per heavy atom. The molecular formula is C15H12F3NOS2. The van der Waals surface area contributed by atoms with E-state index >= 15 is 0 Å². The number of rotatable bonds is 6. The quantitative estimate of drug-likeness (QED) is 0.759. The number of alkyl halides is 2. The second kappa shape index (κ2) is 8.14. The Hall–Kier alpha value is -1.60. The summed E-state index contributed by atoms with van der Waals surface area (Å²) in [6.07, 6.45) is 0. The van der Waals surface area contributed by atoms with Crippen molar-refractivity contribution in [1.29, 1.82) is 0 Å². The Kier molecular flexibility index (Phi) is 6.21. The lowest BCUT2D eigenvalue weighted by atomic mass is 10.3. The van der Waals surface area contributed by atoms with Gasteiger partial charge in [0.1, 0.15) is 5.82 Å². The van der Waals surface area contributed by atoms with Crippen LogP contribution in [0.1, 0.15) is 0 Å². The average Bonchev–Trinajstić information content (AvgIpc) is 2.48. The van der Waals surface area contributed by atoms with Gasteiger partial charge in [-0.3, -0.25) is 4.79 Å². The minimum absolute atomic E-state index is 0.00534. The summed E-state index contributed by atoms with van der Waals surface area (Å²) in [5.41, 5.74) is 0.326. The maximum atomic E-state index is 13.4. The van der Waals surface area contributed by atoms with Crippen LogP contribution in [0.15, 0.2) is 58.3 Å².